The number of hydrogen-bond donors (Lipinski definition) is 1. The highest BCUT2D eigenvalue weighted by Gasteiger charge is 2.26. The lowest BCUT2D eigenvalue weighted by atomic mass is 9.78. The monoisotopic (exact) mass is 340 g/mol. The maximum Gasteiger partial charge on any atom is 0.283 e. The van der Waals surface area contributed by atoms with Gasteiger partial charge in [0, 0.05) is 18.7 Å². The summed E-state index contributed by atoms with van der Waals surface area (Å²) < 4.78 is 0.592. The van der Waals surface area contributed by atoms with Crippen LogP contribution in [0.4, 0.5) is 5.69 Å². The van der Waals surface area contributed by atoms with Crippen LogP contribution in [0.3, 0.4) is 0 Å². The summed E-state index contributed by atoms with van der Waals surface area (Å²) >= 11 is 3.35. The minimum absolute atomic E-state index is 0.134. The summed E-state index contributed by atoms with van der Waals surface area (Å²) in [7, 11) is 0. The molecule has 5 heteroatoms. The molecule has 0 amide bonds. The fraction of sp³-hybridized carbons (Fsp3) is 0.600. The average Bonchev–Trinajstić information content (AvgIpc) is 2.41. The summed E-state index contributed by atoms with van der Waals surface area (Å²) in [6, 6.07) is 5.71. The van der Waals surface area contributed by atoms with Gasteiger partial charge in [-0.2, -0.15) is 0 Å². The average molecular weight is 341 g/mol. The Kier molecular flexibility index (Phi) is 5.16. The molecule has 3 unspecified atom stereocenters. The minimum atomic E-state index is -0.348. The van der Waals surface area contributed by atoms with Crippen LogP contribution >= 0.6 is 15.9 Å². The third kappa shape index (κ3) is 3.38. The molecular formula is C15H21BrN2O2. The molecule has 0 bridgehead atoms. The quantitative estimate of drug-likeness (QED) is 0.657. The molecule has 20 heavy (non-hydrogen) atoms. The van der Waals surface area contributed by atoms with Crippen molar-refractivity contribution in [2.45, 2.75) is 45.7 Å². The second-order valence-corrected chi connectivity index (χ2v) is 6.56. The summed E-state index contributed by atoms with van der Waals surface area (Å²) in [6.45, 7) is 5.27. The van der Waals surface area contributed by atoms with Gasteiger partial charge >= 0.3 is 0 Å². The summed E-state index contributed by atoms with van der Waals surface area (Å²) in [6.07, 6.45) is 3.76. The van der Waals surface area contributed by atoms with Gasteiger partial charge in [0.2, 0.25) is 0 Å². The van der Waals surface area contributed by atoms with E-state index in [1.54, 1.807) is 6.07 Å². The van der Waals surface area contributed by atoms with Crippen molar-refractivity contribution in [3.63, 3.8) is 0 Å². The Bertz CT molecular complexity index is 493. The van der Waals surface area contributed by atoms with Gasteiger partial charge in [-0.1, -0.05) is 38.8 Å². The predicted octanol–water partition coefficient (Wildman–Crippen LogP) is 4.27. The Balaban J connectivity index is 2.04. The fourth-order valence-corrected chi connectivity index (χ4v) is 3.50. The molecule has 1 aromatic rings. The largest absolute Gasteiger partial charge is 0.310 e. The topological polar surface area (TPSA) is 55.2 Å². The first-order valence-electron chi connectivity index (χ1n) is 7.16. The lowest BCUT2D eigenvalue weighted by Gasteiger charge is -2.34. The van der Waals surface area contributed by atoms with Gasteiger partial charge < -0.3 is 5.32 Å². The molecule has 1 N–H and O–H groups in total. The smallest absolute Gasteiger partial charge is 0.283 e. The Morgan fingerprint density at radius 1 is 1.40 bits per heavy atom. The molecule has 0 saturated heterocycles. The van der Waals surface area contributed by atoms with Crippen LogP contribution in [-0.2, 0) is 6.54 Å². The first kappa shape index (κ1) is 15.4. The van der Waals surface area contributed by atoms with Crippen LogP contribution in [0.15, 0.2) is 22.7 Å². The van der Waals surface area contributed by atoms with Crippen molar-refractivity contribution in [2.24, 2.45) is 11.8 Å². The number of rotatable bonds is 4. The van der Waals surface area contributed by atoms with Crippen LogP contribution in [0.5, 0.6) is 0 Å². The normalized spacial score (nSPS) is 26.4. The molecule has 0 aliphatic heterocycles. The lowest BCUT2D eigenvalue weighted by Crippen LogP contribution is -2.40. The maximum atomic E-state index is 10.9. The second kappa shape index (κ2) is 6.68. The molecular weight excluding hydrogens is 320 g/mol. The molecule has 1 fully saturated rings. The van der Waals surface area contributed by atoms with Crippen LogP contribution in [0.1, 0.15) is 38.7 Å². The minimum Gasteiger partial charge on any atom is -0.310 e. The Hall–Kier alpha value is -0.940. The number of halogens is 1. The van der Waals surface area contributed by atoms with E-state index in [2.05, 4.69) is 35.1 Å². The molecule has 1 aliphatic carbocycles. The zero-order chi connectivity index (χ0) is 14.7. The molecule has 3 atom stereocenters. The summed E-state index contributed by atoms with van der Waals surface area (Å²) in [5, 5.41) is 14.5. The molecule has 1 aromatic carbocycles. The zero-order valence-electron chi connectivity index (χ0n) is 11.9. The van der Waals surface area contributed by atoms with Crippen molar-refractivity contribution in [1.82, 2.24) is 5.32 Å². The van der Waals surface area contributed by atoms with Crippen LogP contribution in [0.25, 0.3) is 0 Å². The lowest BCUT2D eigenvalue weighted by molar-refractivity contribution is -0.385. The van der Waals surface area contributed by atoms with Gasteiger partial charge in [-0.05, 0) is 39.8 Å². The van der Waals surface area contributed by atoms with Crippen molar-refractivity contribution in [1.29, 1.82) is 0 Å². The molecule has 110 valence electrons. The molecule has 0 spiro atoms. The molecule has 4 nitrogen and oxygen atoms in total. The fourth-order valence-electron chi connectivity index (χ4n) is 2.95. The number of nitro groups is 1. The van der Waals surface area contributed by atoms with E-state index in [9.17, 15) is 10.1 Å². The van der Waals surface area contributed by atoms with Crippen molar-refractivity contribution in [2.75, 3.05) is 0 Å². The molecule has 1 saturated carbocycles. The SMILES string of the molecule is CC1CCCC(NCc2cccc([N+](=O)[O-])c2Br)C1C. The highest BCUT2D eigenvalue weighted by atomic mass is 79.9. The van der Waals surface area contributed by atoms with Crippen LogP contribution in [-0.4, -0.2) is 11.0 Å². The van der Waals surface area contributed by atoms with Crippen LogP contribution < -0.4 is 5.32 Å². The maximum absolute atomic E-state index is 10.9. The third-order valence-corrected chi connectivity index (χ3v) is 5.43. The molecule has 0 radical (unpaired) electrons. The molecule has 1 aliphatic rings. The van der Waals surface area contributed by atoms with Gasteiger partial charge in [-0.3, -0.25) is 10.1 Å². The van der Waals surface area contributed by atoms with E-state index < -0.39 is 0 Å². The van der Waals surface area contributed by atoms with Gasteiger partial charge in [0.05, 0.1) is 9.40 Å². The van der Waals surface area contributed by atoms with Crippen molar-refractivity contribution in [3.8, 4) is 0 Å². The number of nitro benzene ring substituents is 1. The Labute approximate surface area is 128 Å². The van der Waals surface area contributed by atoms with Gasteiger partial charge in [0.25, 0.3) is 5.69 Å². The molecule has 0 heterocycles. The van der Waals surface area contributed by atoms with E-state index in [0.717, 1.165) is 11.5 Å². The number of nitrogens with zero attached hydrogens (tertiary/aromatic N) is 1. The second-order valence-electron chi connectivity index (χ2n) is 5.76. The third-order valence-electron chi connectivity index (χ3n) is 4.52. The first-order valence-corrected chi connectivity index (χ1v) is 7.95. The highest BCUT2D eigenvalue weighted by Crippen LogP contribution is 2.31. The van der Waals surface area contributed by atoms with Gasteiger partial charge in [0.15, 0.2) is 0 Å². The van der Waals surface area contributed by atoms with Crippen LogP contribution in [0, 0.1) is 22.0 Å². The van der Waals surface area contributed by atoms with Gasteiger partial charge in [-0.25, -0.2) is 0 Å². The summed E-state index contributed by atoms with van der Waals surface area (Å²) in [5.74, 6) is 1.40. The van der Waals surface area contributed by atoms with E-state index >= 15 is 0 Å². The van der Waals surface area contributed by atoms with E-state index in [4.69, 9.17) is 0 Å². The van der Waals surface area contributed by atoms with E-state index in [0.29, 0.717) is 23.0 Å². The molecule has 0 aromatic heterocycles. The van der Waals surface area contributed by atoms with E-state index in [-0.39, 0.29) is 10.6 Å². The van der Waals surface area contributed by atoms with Crippen LogP contribution in [0.2, 0.25) is 0 Å². The van der Waals surface area contributed by atoms with Gasteiger partial charge in [0.1, 0.15) is 0 Å². The highest BCUT2D eigenvalue weighted by molar-refractivity contribution is 9.10. The van der Waals surface area contributed by atoms with Crippen molar-refractivity contribution < 1.29 is 4.92 Å². The first-order chi connectivity index (χ1) is 9.50. The van der Waals surface area contributed by atoms with Gasteiger partial charge in [-0.15, -0.1) is 0 Å². The summed E-state index contributed by atoms with van der Waals surface area (Å²) in [5.41, 5.74) is 1.08. The Morgan fingerprint density at radius 2 is 2.15 bits per heavy atom. The summed E-state index contributed by atoms with van der Waals surface area (Å²) in [4.78, 5) is 10.6. The Morgan fingerprint density at radius 3 is 2.85 bits per heavy atom. The zero-order valence-corrected chi connectivity index (χ0v) is 13.5. The number of hydrogen-bond acceptors (Lipinski definition) is 3. The van der Waals surface area contributed by atoms with Crippen molar-refractivity contribution >= 4 is 21.6 Å². The standard InChI is InChI=1S/C15H21BrN2O2/c1-10-5-3-7-13(11(10)2)17-9-12-6-4-8-14(15(12)16)18(19)20/h4,6,8,10-11,13,17H,3,5,7,9H2,1-2H3. The van der Waals surface area contributed by atoms with E-state index in [1.807, 2.05) is 6.07 Å². The van der Waals surface area contributed by atoms with Crippen molar-refractivity contribution in [3.05, 3.63) is 38.3 Å². The molecule has 2 rings (SSSR count). The van der Waals surface area contributed by atoms with E-state index in [1.165, 1.54) is 25.3 Å². The predicted molar refractivity (Wildman–Crippen MR) is 83.6 cm³/mol. The number of benzene rings is 1. The number of nitrogens with one attached hydrogen (secondary N) is 1.